The van der Waals surface area contributed by atoms with Crippen LogP contribution in [0, 0.1) is 12.8 Å². The third-order valence-electron chi connectivity index (χ3n) is 3.36. The average molecular weight is 252 g/mol. The molecular weight excluding hydrogens is 234 g/mol. The topological polar surface area (TPSA) is 29.1 Å². The van der Waals surface area contributed by atoms with Crippen LogP contribution in [0.15, 0.2) is 18.2 Å². The molecule has 0 saturated heterocycles. The predicted octanol–water partition coefficient (Wildman–Crippen LogP) is 4.17. The van der Waals surface area contributed by atoms with Gasteiger partial charge in [-0.1, -0.05) is 36.9 Å². The smallest absolute Gasteiger partial charge is 0.227 e. The summed E-state index contributed by atoms with van der Waals surface area (Å²) in [5.41, 5.74) is 1.83. The number of hydrogen-bond donors (Lipinski definition) is 1. The molecule has 17 heavy (non-hydrogen) atoms. The van der Waals surface area contributed by atoms with Crippen molar-refractivity contribution in [2.24, 2.45) is 5.92 Å². The van der Waals surface area contributed by atoms with Crippen LogP contribution < -0.4 is 5.32 Å². The zero-order chi connectivity index (χ0) is 12.3. The average Bonchev–Trinajstić information content (AvgIpc) is 2.34. The van der Waals surface area contributed by atoms with Gasteiger partial charge in [0.25, 0.3) is 0 Å². The Morgan fingerprint density at radius 2 is 2.00 bits per heavy atom. The van der Waals surface area contributed by atoms with Crippen molar-refractivity contribution in [3.8, 4) is 0 Å². The van der Waals surface area contributed by atoms with Gasteiger partial charge in [-0.15, -0.1) is 0 Å². The number of aryl methyl sites for hydroxylation is 1. The van der Waals surface area contributed by atoms with Gasteiger partial charge in [-0.05, 0) is 37.5 Å². The van der Waals surface area contributed by atoms with E-state index in [1.54, 1.807) is 0 Å². The summed E-state index contributed by atoms with van der Waals surface area (Å²) in [4.78, 5) is 12.0. The normalized spacial score (nSPS) is 16.8. The molecule has 0 radical (unpaired) electrons. The Bertz CT molecular complexity index is 411. The van der Waals surface area contributed by atoms with Crippen LogP contribution >= 0.6 is 11.6 Å². The predicted molar refractivity (Wildman–Crippen MR) is 71.4 cm³/mol. The number of carbonyl (C=O) groups excluding carboxylic acids is 1. The Morgan fingerprint density at radius 1 is 1.29 bits per heavy atom. The second-order valence-electron chi connectivity index (χ2n) is 4.81. The SMILES string of the molecule is Cc1ccc(NC(=O)C2CCCCC2)c(Cl)c1. The number of rotatable bonds is 2. The second-order valence-corrected chi connectivity index (χ2v) is 5.21. The molecule has 0 spiro atoms. The van der Waals surface area contributed by atoms with Crippen LogP contribution in [0.4, 0.5) is 5.69 Å². The van der Waals surface area contributed by atoms with Crippen molar-refractivity contribution in [1.82, 2.24) is 0 Å². The van der Waals surface area contributed by atoms with Gasteiger partial charge >= 0.3 is 0 Å². The molecule has 0 aliphatic heterocycles. The lowest BCUT2D eigenvalue weighted by Crippen LogP contribution is -2.24. The van der Waals surface area contributed by atoms with Gasteiger partial charge in [-0.2, -0.15) is 0 Å². The lowest BCUT2D eigenvalue weighted by atomic mass is 9.88. The first kappa shape index (κ1) is 12.4. The highest BCUT2D eigenvalue weighted by Crippen LogP contribution is 2.27. The zero-order valence-electron chi connectivity index (χ0n) is 10.1. The summed E-state index contributed by atoms with van der Waals surface area (Å²) in [6, 6.07) is 5.71. The Balaban J connectivity index is 2.02. The van der Waals surface area contributed by atoms with E-state index in [1.807, 2.05) is 25.1 Å². The summed E-state index contributed by atoms with van der Waals surface area (Å²) in [5, 5.41) is 3.56. The second kappa shape index (κ2) is 5.54. The van der Waals surface area contributed by atoms with Crippen LogP contribution in [0.2, 0.25) is 5.02 Å². The minimum Gasteiger partial charge on any atom is -0.325 e. The molecule has 1 fully saturated rings. The maximum absolute atomic E-state index is 12.0. The maximum Gasteiger partial charge on any atom is 0.227 e. The van der Waals surface area contributed by atoms with E-state index < -0.39 is 0 Å². The minimum atomic E-state index is 0.121. The lowest BCUT2D eigenvalue weighted by molar-refractivity contribution is -0.120. The van der Waals surface area contributed by atoms with Crippen LogP contribution in [-0.2, 0) is 4.79 Å². The van der Waals surface area contributed by atoms with Crippen LogP contribution in [0.3, 0.4) is 0 Å². The molecule has 1 aliphatic rings. The summed E-state index contributed by atoms with van der Waals surface area (Å²) >= 11 is 6.10. The molecule has 0 bridgehead atoms. The Hall–Kier alpha value is -1.02. The summed E-state index contributed by atoms with van der Waals surface area (Å²) in [7, 11) is 0. The van der Waals surface area contributed by atoms with Gasteiger partial charge in [0.05, 0.1) is 10.7 Å². The van der Waals surface area contributed by atoms with Crippen molar-refractivity contribution in [1.29, 1.82) is 0 Å². The van der Waals surface area contributed by atoms with E-state index in [-0.39, 0.29) is 11.8 Å². The van der Waals surface area contributed by atoms with Gasteiger partial charge in [-0.25, -0.2) is 0 Å². The molecule has 0 aromatic heterocycles. The number of hydrogen-bond acceptors (Lipinski definition) is 1. The highest BCUT2D eigenvalue weighted by atomic mass is 35.5. The number of nitrogens with one attached hydrogen (secondary N) is 1. The number of benzene rings is 1. The van der Waals surface area contributed by atoms with Crippen molar-refractivity contribution in [3.05, 3.63) is 28.8 Å². The highest BCUT2D eigenvalue weighted by Gasteiger charge is 2.21. The molecule has 1 aliphatic carbocycles. The standard InChI is InChI=1S/C14H18ClNO/c1-10-7-8-13(12(15)9-10)16-14(17)11-5-3-2-4-6-11/h7-9,11H,2-6H2,1H3,(H,16,17). The fraction of sp³-hybridized carbons (Fsp3) is 0.500. The Kier molecular flexibility index (Phi) is 4.06. The molecule has 1 aromatic rings. The monoisotopic (exact) mass is 251 g/mol. The first-order valence-electron chi connectivity index (χ1n) is 6.24. The van der Waals surface area contributed by atoms with Crippen LogP contribution in [0.1, 0.15) is 37.7 Å². The summed E-state index contributed by atoms with van der Waals surface area (Å²) in [6.07, 6.45) is 5.61. The Labute approximate surface area is 107 Å². The fourth-order valence-corrected chi connectivity index (χ4v) is 2.60. The molecule has 0 atom stereocenters. The van der Waals surface area contributed by atoms with Crippen molar-refractivity contribution >= 4 is 23.2 Å². The largest absolute Gasteiger partial charge is 0.325 e. The van der Waals surface area contributed by atoms with Crippen molar-refractivity contribution in [2.45, 2.75) is 39.0 Å². The van der Waals surface area contributed by atoms with E-state index >= 15 is 0 Å². The van der Waals surface area contributed by atoms with E-state index in [0.717, 1.165) is 24.1 Å². The summed E-state index contributed by atoms with van der Waals surface area (Å²) in [6.45, 7) is 1.98. The van der Waals surface area contributed by atoms with E-state index in [4.69, 9.17) is 11.6 Å². The number of amides is 1. The molecule has 3 heteroatoms. The molecule has 2 nitrogen and oxygen atoms in total. The van der Waals surface area contributed by atoms with Crippen LogP contribution in [0.25, 0.3) is 0 Å². The first-order chi connectivity index (χ1) is 8.16. The molecular formula is C14H18ClNO. The molecule has 0 heterocycles. The third kappa shape index (κ3) is 3.22. The number of halogens is 1. The molecule has 92 valence electrons. The zero-order valence-corrected chi connectivity index (χ0v) is 10.9. The quantitative estimate of drug-likeness (QED) is 0.840. The van der Waals surface area contributed by atoms with Gasteiger partial charge < -0.3 is 5.32 Å². The molecule has 1 aromatic carbocycles. The number of anilines is 1. The van der Waals surface area contributed by atoms with Gasteiger partial charge in [-0.3, -0.25) is 4.79 Å². The van der Waals surface area contributed by atoms with Gasteiger partial charge in [0.2, 0.25) is 5.91 Å². The van der Waals surface area contributed by atoms with E-state index in [2.05, 4.69) is 5.32 Å². The maximum atomic E-state index is 12.0. The Morgan fingerprint density at radius 3 is 2.65 bits per heavy atom. The summed E-state index contributed by atoms with van der Waals surface area (Å²) < 4.78 is 0. The summed E-state index contributed by atoms with van der Waals surface area (Å²) in [5.74, 6) is 0.288. The van der Waals surface area contributed by atoms with Gasteiger partial charge in [0, 0.05) is 5.92 Å². The molecule has 1 N–H and O–H groups in total. The van der Waals surface area contributed by atoms with Crippen LogP contribution in [-0.4, -0.2) is 5.91 Å². The molecule has 1 saturated carbocycles. The minimum absolute atomic E-state index is 0.121. The van der Waals surface area contributed by atoms with Crippen molar-refractivity contribution in [2.75, 3.05) is 5.32 Å². The lowest BCUT2D eigenvalue weighted by Gasteiger charge is -2.21. The van der Waals surface area contributed by atoms with Crippen LogP contribution in [0.5, 0.6) is 0 Å². The third-order valence-corrected chi connectivity index (χ3v) is 3.67. The van der Waals surface area contributed by atoms with E-state index in [0.29, 0.717) is 5.02 Å². The molecule has 2 rings (SSSR count). The van der Waals surface area contributed by atoms with Gasteiger partial charge in [0.1, 0.15) is 0 Å². The molecule has 0 unspecified atom stereocenters. The highest BCUT2D eigenvalue weighted by molar-refractivity contribution is 6.33. The van der Waals surface area contributed by atoms with Gasteiger partial charge in [0.15, 0.2) is 0 Å². The molecule has 1 amide bonds. The van der Waals surface area contributed by atoms with E-state index in [1.165, 1.54) is 19.3 Å². The van der Waals surface area contributed by atoms with Crippen molar-refractivity contribution in [3.63, 3.8) is 0 Å². The van der Waals surface area contributed by atoms with E-state index in [9.17, 15) is 4.79 Å². The van der Waals surface area contributed by atoms with Crippen molar-refractivity contribution < 1.29 is 4.79 Å². The number of carbonyl (C=O) groups is 1. The fourth-order valence-electron chi connectivity index (χ4n) is 2.32. The first-order valence-corrected chi connectivity index (χ1v) is 6.61.